The van der Waals surface area contributed by atoms with Crippen molar-refractivity contribution in [1.82, 2.24) is 4.98 Å². The van der Waals surface area contributed by atoms with Gasteiger partial charge in [0.1, 0.15) is 17.6 Å². The molecule has 4 heteroatoms. The molecule has 1 heterocycles. The van der Waals surface area contributed by atoms with E-state index in [1.165, 1.54) is 6.07 Å². The maximum absolute atomic E-state index is 12.6. The first-order valence-corrected chi connectivity index (χ1v) is 2.93. The minimum atomic E-state index is -0.591. The summed E-state index contributed by atoms with van der Waals surface area (Å²) in [4.78, 5) is 3.46. The van der Waals surface area contributed by atoms with Crippen LogP contribution in [0.15, 0.2) is 12.3 Å². The molecule has 11 heavy (non-hydrogen) atoms. The predicted octanol–water partition coefficient (Wildman–Crippen LogP) is 0.585. The van der Waals surface area contributed by atoms with Gasteiger partial charge in [-0.05, 0) is 6.07 Å². The molecular weight excluding hydrogens is 147 g/mol. The third-order valence-electron chi connectivity index (χ3n) is 1.22. The Balaban J connectivity index is 3.15. The third kappa shape index (κ3) is 1.51. The van der Waals surface area contributed by atoms with Crippen LogP contribution in [-0.2, 0) is 6.61 Å². The zero-order chi connectivity index (χ0) is 8.27. The van der Waals surface area contributed by atoms with Gasteiger partial charge < -0.3 is 5.11 Å². The highest BCUT2D eigenvalue weighted by atomic mass is 19.1. The highest BCUT2D eigenvalue weighted by Crippen LogP contribution is 2.06. The fraction of sp³-hybridized carbons (Fsp3) is 0.143. The van der Waals surface area contributed by atoms with E-state index >= 15 is 0 Å². The van der Waals surface area contributed by atoms with Gasteiger partial charge in [-0.25, -0.2) is 9.37 Å². The van der Waals surface area contributed by atoms with E-state index in [-0.39, 0.29) is 11.3 Å². The van der Waals surface area contributed by atoms with Gasteiger partial charge in [0.25, 0.3) is 0 Å². The number of rotatable bonds is 1. The van der Waals surface area contributed by atoms with Gasteiger partial charge in [-0.15, -0.1) is 0 Å². The summed E-state index contributed by atoms with van der Waals surface area (Å²) in [7, 11) is 0. The van der Waals surface area contributed by atoms with Crippen LogP contribution in [0.3, 0.4) is 0 Å². The van der Waals surface area contributed by atoms with Crippen LogP contribution in [-0.4, -0.2) is 10.1 Å². The zero-order valence-corrected chi connectivity index (χ0v) is 5.58. The molecule has 0 fully saturated rings. The monoisotopic (exact) mass is 152 g/mol. The molecule has 1 rings (SSSR count). The summed E-state index contributed by atoms with van der Waals surface area (Å²) in [6.45, 7) is -0.414. The van der Waals surface area contributed by atoms with Crippen LogP contribution in [0.1, 0.15) is 11.3 Å². The van der Waals surface area contributed by atoms with Crippen molar-refractivity contribution in [2.45, 2.75) is 6.61 Å². The molecule has 0 aromatic carbocycles. The summed E-state index contributed by atoms with van der Waals surface area (Å²) < 4.78 is 12.6. The first-order valence-electron chi connectivity index (χ1n) is 2.93. The smallest absolute Gasteiger partial charge is 0.147 e. The summed E-state index contributed by atoms with van der Waals surface area (Å²) in [5, 5.41) is 16.9. The summed E-state index contributed by atoms with van der Waals surface area (Å²) in [5.74, 6) is -0.591. The van der Waals surface area contributed by atoms with Crippen LogP contribution in [0, 0.1) is 17.1 Å². The van der Waals surface area contributed by atoms with Crippen molar-refractivity contribution in [1.29, 1.82) is 5.26 Å². The summed E-state index contributed by atoms with van der Waals surface area (Å²) in [6.07, 6.45) is 0.921. The first kappa shape index (κ1) is 7.63. The molecule has 0 spiro atoms. The van der Waals surface area contributed by atoms with Crippen LogP contribution < -0.4 is 0 Å². The van der Waals surface area contributed by atoms with E-state index in [0.717, 1.165) is 6.20 Å². The molecule has 1 aromatic heterocycles. The average molecular weight is 152 g/mol. The fourth-order valence-corrected chi connectivity index (χ4v) is 0.663. The number of nitrogens with zero attached hydrogens (tertiary/aromatic N) is 2. The van der Waals surface area contributed by atoms with E-state index in [2.05, 4.69) is 4.98 Å². The van der Waals surface area contributed by atoms with Crippen molar-refractivity contribution in [3.8, 4) is 6.07 Å². The molecule has 1 aromatic rings. The average Bonchev–Trinajstić information content (AvgIpc) is 2.05. The molecule has 0 atom stereocenters. The minimum absolute atomic E-state index is 0.0940. The second kappa shape index (κ2) is 3.08. The number of aromatic nitrogens is 1. The Kier molecular flexibility index (Phi) is 2.14. The first-order chi connectivity index (χ1) is 5.27. The van der Waals surface area contributed by atoms with Gasteiger partial charge in [0.15, 0.2) is 0 Å². The van der Waals surface area contributed by atoms with Gasteiger partial charge in [-0.2, -0.15) is 5.26 Å². The molecule has 0 aliphatic rings. The van der Waals surface area contributed by atoms with Crippen LogP contribution in [0.5, 0.6) is 0 Å². The topological polar surface area (TPSA) is 56.9 Å². The Bertz CT molecular complexity index is 306. The number of nitriles is 1. The molecule has 0 aliphatic carbocycles. The third-order valence-corrected chi connectivity index (χ3v) is 1.22. The van der Waals surface area contributed by atoms with E-state index in [4.69, 9.17) is 10.4 Å². The number of halogens is 1. The van der Waals surface area contributed by atoms with Crippen molar-refractivity contribution in [3.63, 3.8) is 0 Å². The highest BCUT2D eigenvalue weighted by molar-refractivity contribution is 5.25. The summed E-state index contributed by atoms with van der Waals surface area (Å²) in [5.41, 5.74) is 0.201. The molecule has 1 N–H and O–H groups in total. The number of hydrogen-bond acceptors (Lipinski definition) is 3. The van der Waals surface area contributed by atoms with E-state index in [1.807, 2.05) is 0 Å². The molecule has 0 amide bonds. The lowest BCUT2D eigenvalue weighted by Crippen LogP contribution is -1.93. The highest BCUT2D eigenvalue weighted by Gasteiger charge is 2.01. The zero-order valence-electron chi connectivity index (χ0n) is 5.58. The summed E-state index contributed by atoms with van der Waals surface area (Å²) in [6, 6.07) is 2.96. The predicted molar refractivity (Wildman–Crippen MR) is 34.8 cm³/mol. The van der Waals surface area contributed by atoms with Gasteiger partial charge in [0, 0.05) is 5.56 Å². The Morgan fingerprint density at radius 3 is 3.00 bits per heavy atom. The number of aliphatic hydroxyl groups is 1. The van der Waals surface area contributed by atoms with Crippen molar-refractivity contribution < 1.29 is 9.50 Å². The van der Waals surface area contributed by atoms with E-state index < -0.39 is 12.4 Å². The number of pyridine rings is 1. The standard InChI is InChI=1S/C7H5FN2O/c8-7-3-10-6(2-9)1-5(7)4-11/h1,3,11H,4H2. The van der Waals surface area contributed by atoms with Gasteiger partial charge in [0.05, 0.1) is 12.8 Å². The Hall–Kier alpha value is -1.47. The molecule has 0 saturated heterocycles. The lowest BCUT2D eigenvalue weighted by Gasteiger charge is -1.96. The maximum atomic E-state index is 12.6. The Morgan fingerprint density at radius 2 is 2.45 bits per heavy atom. The van der Waals surface area contributed by atoms with Crippen molar-refractivity contribution in [2.75, 3.05) is 0 Å². The molecule has 3 nitrogen and oxygen atoms in total. The van der Waals surface area contributed by atoms with Crippen LogP contribution in [0.2, 0.25) is 0 Å². The van der Waals surface area contributed by atoms with E-state index in [0.29, 0.717) is 0 Å². The second-order valence-corrected chi connectivity index (χ2v) is 1.93. The van der Waals surface area contributed by atoms with Crippen LogP contribution in [0.25, 0.3) is 0 Å². The largest absolute Gasteiger partial charge is 0.392 e. The fourth-order valence-electron chi connectivity index (χ4n) is 0.663. The lowest BCUT2D eigenvalue weighted by molar-refractivity contribution is 0.275. The molecular formula is C7H5FN2O. The summed E-state index contributed by atoms with van der Waals surface area (Å²) >= 11 is 0. The second-order valence-electron chi connectivity index (χ2n) is 1.93. The SMILES string of the molecule is N#Cc1cc(CO)c(F)cn1. The van der Waals surface area contributed by atoms with E-state index in [1.54, 1.807) is 6.07 Å². The van der Waals surface area contributed by atoms with Gasteiger partial charge in [-0.3, -0.25) is 0 Å². The number of hydrogen-bond donors (Lipinski definition) is 1. The lowest BCUT2D eigenvalue weighted by atomic mass is 10.2. The molecule has 0 aliphatic heterocycles. The van der Waals surface area contributed by atoms with Crippen molar-refractivity contribution in [3.05, 3.63) is 29.3 Å². The molecule has 0 unspecified atom stereocenters. The van der Waals surface area contributed by atoms with Gasteiger partial charge in [0.2, 0.25) is 0 Å². The molecule has 0 radical (unpaired) electrons. The van der Waals surface area contributed by atoms with Crippen molar-refractivity contribution >= 4 is 0 Å². The molecule has 56 valence electrons. The van der Waals surface area contributed by atoms with Gasteiger partial charge in [-0.1, -0.05) is 0 Å². The Morgan fingerprint density at radius 1 is 1.73 bits per heavy atom. The minimum Gasteiger partial charge on any atom is -0.392 e. The van der Waals surface area contributed by atoms with Crippen molar-refractivity contribution in [2.24, 2.45) is 0 Å². The Labute approximate surface area is 62.7 Å². The number of aliphatic hydroxyl groups excluding tert-OH is 1. The van der Waals surface area contributed by atoms with Crippen LogP contribution >= 0.6 is 0 Å². The maximum Gasteiger partial charge on any atom is 0.147 e. The quantitative estimate of drug-likeness (QED) is 0.640. The normalized spacial score (nSPS) is 9.18. The van der Waals surface area contributed by atoms with Crippen LogP contribution in [0.4, 0.5) is 4.39 Å². The molecule has 0 bridgehead atoms. The van der Waals surface area contributed by atoms with Gasteiger partial charge >= 0.3 is 0 Å². The molecule has 0 saturated carbocycles. The van der Waals surface area contributed by atoms with E-state index in [9.17, 15) is 4.39 Å².